The molecule has 2 aromatic rings. The molecule has 0 spiro atoms. The Labute approximate surface area is 132 Å². The lowest BCUT2D eigenvalue weighted by atomic mass is 10.1. The third-order valence-corrected chi connectivity index (χ3v) is 4.69. The van der Waals surface area contributed by atoms with Crippen LogP contribution in [0.3, 0.4) is 0 Å². The second kappa shape index (κ2) is 7.87. The van der Waals surface area contributed by atoms with Crippen LogP contribution in [0.2, 0.25) is 0 Å². The normalized spacial score (nSPS) is 14.8. The first kappa shape index (κ1) is 16.4. The van der Waals surface area contributed by atoms with Gasteiger partial charge < -0.3 is 9.47 Å². The lowest BCUT2D eigenvalue weighted by Gasteiger charge is -2.25. The predicted molar refractivity (Wildman–Crippen MR) is 84.6 cm³/mol. The average molecular weight is 318 g/mol. The van der Waals surface area contributed by atoms with E-state index in [0.717, 1.165) is 5.56 Å². The van der Waals surface area contributed by atoms with Crippen LogP contribution < -0.4 is 0 Å². The molecule has 2 rings (SSSR count). The first-order chi connectivity index (χ1) is 10.6. The molecule has 4 nitrogen and oxygen atoms in total. The largest absolute Gasteiger partial charge is 0.454 e. The Kier molecular flexibility index (Phi) is 5.86. The Morgan fingerprint density at radius 1 is 1.00 bits per heavy atom. The molecule has 0 saturated heterocycles. The van der Waals surface area contributed by atoms with Gasteiger partial charge in [0.15, 0.2) is 11.5 Å². The van der Waals surface area contributed by atoms with Gasteiger partial charge in [-0.25, -0.2) is 0 Å². The van der Waals surface area contributed by atoms with Crippen molar-refractivity contribution in [1.82, 2.24) is 0 Å². The fourth-order valence-electron chi connectivity index (χ4n) is 2.11. The molecule has 0 heterocycles. The molecule has 0 radical (unpaired) electrons. The van der Waals surface area contributed by atoms with Gasteiger partial charge in [-0.2, -0.15) is 0 Å². The van der Waals surface area contributed by atoms with Crippen LogP contribution in [-0.4, -0.2) is 22.7 Å². The number of benzene rings is 2. The van der Waals surface area contributed by atoms with E-state index in [-0.39, 0.29) is 0 Å². The predicted octanol–water partition coefficient (Wildman–Crippen LogP) is 3.07. The van der Waals surface area contributed by atoms with E-state index in [2.05, 4.69) is 0 Å². The molecule has 5 heteroatoms. The zero-order chi connectivity index (χ0) is 15.9. The van der Waals surface area contributed by atoms with E-state index in [4.69, 9.17) is 9.47 Å². The molecule has 0 bridgehead atoms. The number of hydrogen-bond donors (Lipinski definition) is 0. The summed E-state index contributed by atoms with van der Waals surface area (Å²) in [6.07, 6.45) is -0.732. The van der Waals surface area contributed by atoms with E-state index in [0.29, 0.717) is 4.90 Å². The molecule has 0 saturated carbocycles. The Balaban J connectivity index is 2.35. The summed E-state index contributed by atoms with van der Waals surface area (Å²) in [6, 6.07) is 18.2. The summed E-state index contributed by atoms with van der Waals surface area (Å²) in [5.74, 6) is -0.444. The Morgan fingerprint density at radius 2 is 1.55 bits per heavy atom. The molecular formula is C17H18O4S. The summed E-state index contributed by atoms with van der Waals surface area (Å²) >= 11 is 0. The molecule has 116 valence electrons. The van der Waals surface area contributed by atoms with Gasteiger partial charge in [0.25, 0.3) is 0 Å². The Morgan fingerprint density at radius 3 is 2.05 bits per heavy atom. The van der Waals surface area contributed by atoms with Crippen molar-refractivity contribution in [2.45, 2.75) is 23.4 Å². The first-order valence-electron chi connectivity index (χ1n) is 6.84. The van der Waals surface area contributed by atoms with Crippen molar-refractivity contribution in [3.8, 4) is 0 Å². The van der Waals surface area contributed by atoms with Crippen LogP contribution in [0.4, 0.5) is 0 Å². The summed E-state index contributed by atoms with van der Waals surface area (Å²) in [4.78, 5) is 12.1. The fourth-order valence-corrected chi connectivity index (χ4v) is 3.42. The van der Waals surface area contributed by atoms with Crippen molar-refractivity contribution in [2.75, 3.05) is 7.11 Å². The van der Waals surface area contributed by atoms with Crippen LogP contribution in [0.5, 0.6) is 0 Å². The van der Waals surface area contributed by atoms with Crippen molar-refractivity contribution < 1.29 is 18.5 Å². The van der Waals surface area contributed by atoms with E-state index in [1.54, 1.807) is 12.1 Å². The SMILES string of the molecule is COC(C(OC(C)=O)c1ccccc1)S(=O)c1ccccc1. The summed E-state index contributed by atoms with van der Waals surface area (Å²) < 4.78 is 23.5. The van der Waals surface area contributed by atoms with Crippen LogP contribution in [-0.2, 0) is 25.1 Å². The topological polar surface area (TPSA) is 52.6 Å². The smallest absolute Gasteiger partial charge is 0.303 e. The Bertz CT molecular complexity index is 628. The zero-order valence-corrected chi connectivity index (χ0v) is 13.3. The third kappa shape index (κ3) is 4.02. The molecule has 0 aliphatic carbocycles. The number of esters is 1. The van der Waals surface area contributed by atoms with Gasteiger partial charge in [-0.15, -0.1) is 0 Å². The van der Waals surface area contributed by atoms with Gasteiger partial charge in [-0.05, 0) is 17.7 Å². The lowest BCUT2D eigenvalue weighted by molar-refractivity contribution is -0.150. The molecule has 0 fully saturated rings. The quantitative estimate of drug-likeness (QED) is 0.768. The number of hydrogen-bond acceptors (Lipinski definition) is 4. The average Bonchev–Trinajstić information content (AvgIpc) is 2.55. The molecule has 0 N–H and O–H groups in total. The molecular weight excluding hydrogens is 300 g/mol. The van der Waals surface area contributed by atoms with Gasteiger partial charge >= 0.3 is 5.97 Å². The highest BCUT2D eigenvalue weighted by Gasteiger charge is 2.32. The molecule has 3 unspecified atom stereocenters. The van der Waals surface area contributed by atoms with E-state index < -0.39 is 28.3 Å². The van der Waals surface area contributed by atoms with Crippen LogP contribution in [0.25, 0.3) is 0 Å². The molecule has 0 aromatic heterocycles. The first-order valence-corrected chi connectivity index (χ1v) is 8.05. The fraction of sp³-hybridized carbons (Fsp3) is 0.235. The summed E-state index contributed by atoms with van der Waals surface area (Å²) in [5.41, 5.74) is -0.0393. The van der Waals surface area contributed by atoms with Crippen molar-refractivity contribution >= 4 is 16.8 Å². The maximum absolute atomic E-state index is 12.8. The molecule has 0 aliphatic heterocycles. The van der Waals surface area contributed by atoms with Crippen molar-refractivity contribution in [3.63, 3.8) is 0 Å². The second-order valence-corrected chi connectivity index (χ2v) is 6.19. The van der Waals surface area contributed by atoms with Gasteiger partial charge in [-0.1, -0.05) is 48.5 Å². The number of methoxy groups -OCH3 is 1. The lowest BCUT2D eigenvalue weighted by Crippen LogP contribution is -2.29. The zero-order valence-electron chi connectivity index (χ0n) is 12.5. The minimum absolute atomic E-state index is 0.444. The van der Waals surface area contributed by atoms with E-state index >= 15 is 0 Å². The van der Waals surface area contributed by atoms with Gasteiger partial charge in [-0.3, -0.25) is 9.00 Å². The van der Waals surface area contributed by atoms with Gasteiger partial charge in [0.05, 0.1) is 10.8 Å². The van der Waals surface area contributed by atoms with Crippen molar-refractivity contribution in [1.29, 1.82) is 0 Å². The monoisotopic (exact) mass is 318 g/mol. The highest BCUT2D eigenvalue weighted by molar-refractivity contribution is 7.85. The summed E-state index contributed by atoms with van der Waals surface area (Å²) in [5, 5.41) is 0. The van der Waals surface area contributed by atoms with Gasteiger partial charge in [0.2, 0.25) is 0 Å². The summed E-state index contributed by atoms with van der Waals surface area (Å²) in [6.45, 7) is 1.33. The van der Waals surface area contributed by atoms with Crippen LogP contribution in [0.15, 0.2) is 65.6 Å². The molecule has 22 heavy (non-hydrogen) atoms. The van der Waals surface area contributed by atoms with Gasteiger partial charge in [0, 0.05) is 18.9 Å². The molecule has 0 amide bonds. The van der Waals surface area contributed by atoms with E-state index in [9.17, 15) is 9.00 Å². The van der Waals surface area contributed by atoms with Crippen molar-refractivity contribution in [3.05, 3.63) is 66.2 Å². The maximum atomic E-state index is 12.8. The van der Waals surface area contributed by atoms with Crippen molar-refractivity contribution in [2.24, 2.45) is 0 Å². The molecule has 3 atom stereocenters. The standard InChI is InChI=1S/C17H18O4S/c1-13(18)21-16(14-9-5-3-6-10-14)17(20-2)22(19)15-11-7-4-8-12-15/h3-12,16-17H,1-2H3. The molecule has 2 aromatic carbocycles. The highest BCUT2D eigenvalue weighted by atomic mass is 32.2. The third-order valence-electron chi connectivity index (χ3n) is 3.09. The van der Waals surface area contributed by atoms with Crippen LogP contribution in [0.1, 0.15) is 18.6 Å². The number of carbonyl (C=O) groups excluding carboxylic acids is 1. The minimum atomic E-state index is -1.47. The minimum Gasteiger partial charge on any atom is -0.454 e. The van der Waals surface area contributed by atoms with Crippen LogP contribution in [0, 0.1) is 0 Å². The van der Waals surface area contributed by atoms with Crippen LogP contribution >= 0.6 is 0 Å². The number of rotatable bonds is 6. The molecule has 0 aliphatic rings. The summed E-state index contributed by atoms with van der Waals surface area (Å²) in [7, 11) is -0.00441. The van der Waals surface area contributed by atoms with E-state index in [1.165, 1.54) is 14.0 Å². The maximum Gasteiger partial charge on any atom is 0.303 e. The number of carbonyl (C=O) groups is 1. The second-order valence-electron chi connectivity index (χ2n) is 4.66. The number of ether oxygens (including phenoxy) is 2. The highest BCUT2D eigenvalue weighted by Crippen LogP contribution is 2.28. The Hall–Kier alpha value is -1.98. The van der Waals surface area contributed by atoms with Gasteiger partial charge in [0.1, 0.15) is 0 Å². The van der Waals surface area contributed by atoms with E-state index in [1.807, 2.05) is 48.5 Å².